The van der Waals surface area contributed by atoms with Gasteiger partial charge in [0.15, 0.2) is 5.43 Å². The molecule has 3 rings (SSSR count). The van der Waals surface area contributed by atoms with Gasteiger partial charge in [0, 0.05) is 11.8 Å². The van der Waals surface area contributed by atoms with Crippen LogP contribution in [0.25, 0.3) is 10.9 Å². The number of H-pyrrole nitrogens is 1. The van der Waals surface area contributed by atoms with Gasteiger partial charge in [-0.15, -0.1) is 0 Å². The Balaban J connectivity index is 2.02. The summed E-state index contributed by atoms with van der Waals surface area (Å²) < 4.78 is 10.8. The molecule has 25 heavy (non-hydrogen) atoms. The van der Waals surface area contributed by atoms with E-state index in [0.717, 1.165) is 23.3 Å². The number of hydrogen-bond acceptors (Lipinski definition) is 3. The van der Waals surface area contributed by atoms with Gasteiger partial charge < -0.3 is 19.4 Å². The van der Waals surface area contributed by atoms with Gasteiger partial charge in [-0.05, 0) is 38.7 Å². The molecule has 1 fully saturated rings. The highest BCUT2D eigenvalue weighted by molar-refractivity contribution is 5.86. The number of pyridine rings is 1. The fourth-order valence-electron chi connectivity index (χ4n) is 4.00. The van der Waals surface area contributed by atoms with Crippen LogP contribution in [0.3, 0.4) is 0 Å². The van der Waals surface area contributed by atoms with Crippen LogP contribution >= 0.6 is 0 Å². The first kappa shape index (κ1) is 17.8. The van der Waals surface area contributed by atoms with Crippen LogP contribution in [0.2, 0.25) is 0 Å². The first-order valence-electron chi connectivity index (χ1n) is 9.15. The minimum absolute atomic E-state index is 0.0820. The lowest BCUT2D eigenvalue weighted by molar-refractivity contribution is -0.921. The van der Waals surface area contributed by atoms with Gasteiger partial charge in [0.05, 0.1) is 43.8 Å². The number of ether oxygens (including phenoxy) is 2. The van der Waals surface area contributed by atoms with Crippen molar-refractivity contribution in [3.63, 3.8) is 0 Å². The normalized spacial score (nSPS) is 16.8. The Labute approximate surface area is 148 Å². The topological polar surface area (TPSA) is 55.8 Å². The summed E-state index contributed by atoms with van der Waals surface area (Å²) >= 11 is 0. The molecule has 0 aliphatic heterocycles. The lowest BCUT2D eigenvalue weighted by Gasteiger charge is -2.28. The molecule has 1 unspecified atom stereocenters. The number of methoxy groups -OCH3 is 2. The van der Waals surface area contributed by atoms with E-state index in [0.29, 0.717) is 22.9 Å². The van der Waals surface area contributed by atoms with E-state index >= 15 is 0 Å². The van der Waals surface area contributed by atoms with Gasteiger partial charge >= 0.3 is 0 Å². The van der Waals surface area contributed by atoms with Crippen LogP contribution in [0, 0.1) is 6.92 Å². The molecule has 5 nitrogen and oxygen atoms in total. The Bertz CT molecular complexity index is 807. The lowest BCUT2D eigenvalue weighted by atomic mass is 9.94. The molecule has 1 aliphatic rings. The van der Waals surface area contributed by atoms with Crippen LogP contribution in [-0.2, 0) is 6.54 Å². The van der Waals surface area contributed by atoms with Crippen molar-refractivity contribution in [3.8, 4) is 11.5 Å². The molecule has 5 heteroatoms. The Morgan fingerprint density at radius 1 is 1.16 bits per heavy atom. The number of hydrogen-bond donors (Lipinski definition) is 2. The Morgan fingerprint density at radius 3 is 2.52 bits per heavy atom. The molecule has 0 saturated heterocycles. The average Bonchev–Trinajstić information content (AvgIpc) is 2.65. The van der Waals surface area contributed by atoms with E-state index in [1.54, 1.807) is 26.4 Å². The number of aryl methyl sites for hydroxylation is 1. The van der Waals surface area contributed by atoms with Crippen molar-refractivity contribution in [3.05, 3.63) is 33.6 Å². The number of benzene rings is 1. The number of aromatic nitrogens is 1. The number of nitrogens with one attached hydrogen (secondary N) is 2. The van der Waals surface area contributed by atoms with Gasteiger partial charge in [-0.25, -0.2) is 0 Å². The number of rotatable bonds is 5. The van der Waals surface area contributed by atoms with Crippen molar-refractivity contribution in [1.82, 2.24) is 4.98 Å². The molecule has 136 valence electrons. The molecule has 1 aromatic carbocycles. The molecule has 0 radical (unpaired) electrons. The van der Waals surface area contributed by atoms with Crippen molar-refractivity contribution in [2.45, 2.75) is 51.6 Å². The number of aromatic amines is 1. The first-order chi connectivity index (χ1) is 12.0. The third kappa shape index (κ3) is 3.52. The second-order valence-electron chi connectivity index (χ2n) is 7.17. The Kier molecular flexibility index (Phi) is 5.33. The molecular weight excluding hydrogens is 316 g/mol. The van der Waals surface area contributed by atoms with E-state index in [4.69, 9.17) is 9.47 Å². The number of quaternary nitrogens is 1. The summed E-state index contributed by atoms with van der Waals surface area (Å²) in [7, 11) is 5.42. The second-order valence-corrected chi connectivity index (χ2v) is 7.17. The highest BCUT2D eigenvalue weighted by Crippen LogP contribution is 2.28. The van der Waals surface area contributed by atoms with Crippen LogP contribution in [-0.4, -0.2) is 32.3 Å². The maximum absolute atomic E-state index is 13.2. The largest absolute Gasteiger partial charge is 0.497 e. The predicted molar refractivity (Wildman–Crippen MR) is 99.9 cm³/mol. The summed E-state index contributed by atoms with van der Waals surface area (Å²) in [5, 5.41) is 0.633. The van der Waals surface area contributed by atoms with Crippen LogP contribution in [0.15, 0.2) is 16.9 Å². The minimum atomic E-state index is 0.0820. The van der Waals surface area contributed by atoms with Crippen LogP contribution in [0.1, 0.15) is 43.4 Å². The molecule has 1 aromatic heterocycles. The van der Waals surface area contributed by atoms with E-state index in [2.05, 4.69) is 12.0 Å². The van der Waals surface area contributed by atoms with E-state index in [1.165, 1.54) is 37.0 Å². The molecule has 1 heterocycles. The summed E-state index contributed by atoms with van der Waals surface area (Å²) in [6.45, 7) is 2.73. The molecule has 1 atom stereocenters. The fourth-order valence-corrected chi connectivity index (χ4v) is 4.00. The van der Waals surface area contributed by atoms with Crippen LogP contribution in [0.4, 0.5) is 0 Å². The third-order valence-corrected chi connectivity index (χ3v) is 5.57. The van der Waals surface area contributed by atoms with Crippen molar-refractivity contribution < 1.29 is 14.4 Å². The van der Waals surface area contributed by atoms with Crippen molar-refractivity contribution in [2.24, 2.45) is 0 Å². The first-order valence-corrected chi connectivity index (χ1v) is 9.15. The summed E-state index contributed by atoms with van der Waals surface area (Å²) in [5.74, 6) is 1.27. The zero-order valence-electron chi connectivity index (χ0n) is 15.7. The van der Waals surface area contributed by atoms with Crippen LogP contribution < -0.4 is 19.8 Å². The lowest BCUT2D eigenvalue weighted by Crippen LogP contribution is -3.12. The fraction of sp³-hybridized carbons (Fsp3) is 0.550. The van der Waals surface area contributed by atoms with Gasteiger partial charge in [-0.3, -0.25) is 4.79 Å². The summed E-state index contributed by atoms with van der Waals surface area (Å²) in [5.41, 5.74) is 2.62. The van der Waals surface area contributed by atoms with Crippen molar-refractivity contribution >= 4 is 10.9 Å². The van der Waals surface area contributed by atoms with Crippen LogP contribution in [0.5, 0.6) is 11.5 Å². The van der Waals surface area contributed by atoms with Gasteiger partial charge in [0.1, 0.15) is 18.0 Å². The highest BCUT2D eigenvalue weighted by Gasteiger charge is 2.24. The number of fused-ring (bicyclic) bond motifs is 1. The highest BCUT2D eigenvalue weighted by atomic mass is 16.5. The monoisotopic (exact) mass is 345 g/mol. The Hall–Kier alpha value is -2.01. The van der Waals surface area contributed by atoms with Crippen molar-refractivity contribution in [2.75, 3.05) is 21.3 Å². The van der Waals surface area contributed by atoms with Crippen molar-refractivity contribution in [1.29, 1.82) is 0 Å². The molecule has 2 aromatic rings. The SMILES string of the molecule is COc1cc(OC)c2[nH]c(C)c(C[NH+](C)C3CCCCC3)c(=O)c2c1. The van der Waals surface area contributed by atoms with E-state index in [-0.39, 0.29) is 5.43 Å². The molecular formula is C20H29N2O3+. The molecule has 1 saturated carbocycles. The standard InChI is InChI=1S/C20H28N2O3/c1-13-17(12-22(2)14-8-6-5-7-9-14)20(23)16-10-15(24-3)11-18(25-4)19(16)21-13/h10-11,14H,5-9,12H2,1-4H3,(H,21,23)/p+1. The molecule has 0 spiro atoms. The zero-order valence-corrected chi connectivity index (χ0v) is 15.7. The summed E-state index contributed by atoms with van der Waals surface area (Å²) in [6, 6.07) is 4.26. The average molecular weight is 345 g/mol. The Morgan fingerprint density at radius 2 is 1.88 bits per heavy atom. The second kappa shape index (κ2) is 7.48. The molecule has 1 aliphatic carbocycles. The van der Waals surface area contributed by atoms with Gasteiger partial charge in [0.25, 0.3) is 0 Å². The quantitative estimate of drug-likeness (QED) is 0.873. The van der Waals surface area contributed by atoms with Gasteiger partial charge in [-0.2, -0.15) is 0 Å². The van der Waals surface area contributed by atoms with E-state index < -0.39 is 0 Å². The summed E-state index contributed by atoms with van der Waals surface area (Å²) in [4.78, 5) is 18.0. The predicted octanol–water partition coefficient (Wildman–Crippen LogP) is 2.20. The molecule has 0 amide bonds. The molecule has 0 bridgehead atoms. The maximum Gasteiger partial charge on any atom is 0.198 e. The van der Waals surface area contributed by atoms with E-state index in [9.17, 15) is 4.79 Å². The summed E-state index contributed by atoms with van der Waals surface area (Å²) in [6.07, 6.45) is 6.49. The zero-order chi connectivity index (χ0) is 18.0. The smallest absolute Gasteiger partial charge is 0.198 e. The van der Waals surface area contributed by atoms with Gasteiger partial charge in [-0.1, -0.05) is 6.42 Å². The third-order valence-electron chi connectivity index (χ3n) is 5.57. The minimum Gasteiger partial charge on any atom is -0.497 e. The van der Waals surface area contributed by atoms with Gasteiger partial charge in [0.2, 0.25) is 0 Å². The maximum atomic E-state index is 13.2. The van der Waals surface area contributed by atoms with E-state index in [1.807, 2.05) is 6.92 Å². The molecule has 2 N–H and O–H groups in total.